The van der Waals surface area contributed by atoms with Crippen LogP contribution < -0.4 is 10.6 Å². The van der Waals surface area contributed by atoms with Crippen molar-refractivity contribution in [2.45, 2.75) is 32.0 Å². The zero-order valence-electron chi connectivity index (χ0n) is 13.8. The molecule has 126 valence electrons. The lowest BCUT2D eigenvalue weighted by Gasteiger charge is -2.32. The summed E-state index contributed by atoms with van der Waals surface area (Å²) in [6.45, 7) is 3.47. The number of amides is 2. The average Bonchev–Trinajstić information content (AvgIpc) is 2.63. The van der Waals surface area contributed by atoms with Crippen molar-refractivity contribution in [3.05, 3.63) is 66.0 Å². The Hall–Kier alpha value is -2.40. The molecule has 2 aromatic rings. The molecule has 0 spiro atoms. The summed E-state index contributed by atoms with van der Waals surface area (Å²) in [6, 6.07) is 16.4. The fourth-order valence-corrected chi connectivity index (χ4v) is 2.99. The number of carbonyl (C=O) groups is 1. The topological polar surface area (TPSA) is 57.3 Å². The van der Waals surface area contributed by atoms with Gasteiger partial charge >= 0.3 is 6.03 Å². The van der Waals surface area contributed by atoms with Crippen LogP contribution in [0.1, 0.15) is 24.1 Å². The number of aromatic nitrogens is 1. The Kier molecular flexibility index (Phi) is 5.80. The van der Waals surface area contributed by atoms with Crippen LogP contribution in [-0.4, -0.2) is 35.0 Å². The van der Waals surface area contributed by atoms with E-state index in [0.29, 0.717) is 6.54 Å². The third-order valence-corrected chi connectivity index (χ3v) is 4.33. The molecule has 0 unspecified atom stereocenters. The molecule has 2 amide bonds. The molecule has 1 aromatic carbocycles. The maximum atomic E-state index is 12.0. The lowest BCUT2D eigenvalue weighted by Crippen LogP contribution is -2.47. The monoisotopic (exact) mass is 324 g/mol. The molecule has 1 aliphatic rings. The number of nitrogens with zero attached hydrogens (tertiary/aromatic N) is 2. The Labute approximate surface area is 143 Å². The van der Waals surface area contributed by atoms with Crippen LogP contribution in [0.4, 0.5) is 4.79 Å². The van der Waals surface area contributed by atoms with Gasteiger partial charge in [-0.25, -0.2) is 4.79 Å². The van der Waals surface area contributed by atoms with Crippen molar-refractivity contribution in [1.29, 1.82) is 0 Å². The van der Waals surface area contributed by atoms with Gasteiger partial charge in [0.1, 0.15) is 0 Å². The van der Waals surface area contributed by atoms with E-state index < -0.39 is 0 Å². The first-order chi connectivity index (χ1) is 11.8. The van der Waals surface area contributed by atoms with Crippen LogP contribution >= 0.6 is 0 Å². The van der Waals surface area contributed by atoms with Crippen LogP contribution in [0.5, 0.6) is 0 Å². The van der Waals surface area contributed by atoms with Crippen LogP contribution in [0.3, 0.4) is 0 Å². The van der Waals surface area contributed by atoms with E-state index >= 15 is 0 Å². The first-order valence-corrected chi connectivity index (χ1v) is 8.50. The van der Waals surface area contributed by atoms with Crippen molar-refractivity contribution in [1.82, 2.24) is 20.5 Å². The first-order valence-electron chi connectivity index (χ1n) is 8.50. The lowest BCUT2D eigenvalue weighted by atomic mass is 10.0. The second-order valence-corrected chi connectivity index (χ2v) is 6.18. The van der Waals surface area contributed by atoms with Gasteiger partial charge < -0.3 is 10.6 Å². The van der Waals surface area contributed by atoms with Gasteiger partial charge in [0, 0.05) is 31.9 Å². The largest absolute Gasteiger partial charge is 0.335 e. The van der Waals surface area contributed by atoms with Crippen LogP contribution in [0.2, 0.25) is 0 Å². The predicted molar refractivity (Wildman–Crippen MR) is 94.3 cm³/mol. The third kappa shape index (κ3) is 5.06. The van der Waals surface area contributed by atoms with Crippen LogP contribution in [-0.2, 0) is 13.1 Å². The Morgan fingerprint density at radius 1 is 1.08 bits per heavy atom. The molecule has 24 heavy (non-hydrogen) atoms. The van der Waals surface area contributed by atoms with E-state index in [2.05, 4.69) is 44.8 Å². The maximum Gasteiger partial charge on any atom is 0.315 e. The summed E-state index contributed by atoms with van der Waals surface area (Å²) < 4.78 is 0. The molecule has 1 aromatic heterocycles. The highest BCUT2D eigenvalue weighted by Crippen LogP contribution is 2.13. The summed E-state index contributed by atoms with van der Waals surface area (Å²) >= 11 is 0. The maximum absolute atomic E-state index is 12.0. The molecule has 3 rings (SSSR count). The minimum absolute atomic E-state index is 0.109. The van der Waals surface area contributed by atoms with Gasteiger partial charge in [0.25, 0.3) is 0 Å². The van der Waals surface area contributed by atoms with Gasteiger partial charge in [-0.2, -0.15) is 0 Å². The zero-order chi connectivity index (χ0) is 16.6. The molecule has 1 aliphatic heterocycles. The van der Waals surface area contributed by atoms with E-state index in [-0.39, 0.29) is 12.1 Å². The Bertz CT molecular complexity index is 624. The van der Waals surface area contributed by atoms with Gasteiger partial charge in [-0.1, -0.05) is 36.4 Å². The molecule has 5 nitrogen and oxygen atoms in total. The molecule has 5 heteroatoms. The van der Waals surface area contributed by atoms with E-state index in [1.54, 1.807) is 6.20 Å². The summed E-state index contributed by atoms with van der Waals surface area (Å²) in [5.41, 5.74) is 2.21. The van der Waals surface area contributed by atoms with Crippen molar-refractivity contribution in [2.75, 3.05) is 13.1 Å². The standard InChI is InChI=1S/C19H24N4O/c24-19(21-14-18-8-4-5-11-20-18)22-17-9-12-23(13-10-17)15-16-6-2-1-3-7-16/h1-8,11,17H,9-10,12-15H2,(H2,21,22,24). The van der Waals surface area contributed by atoms with Crippen molar-refractivity contribution in [3.63, 3.8) is 0 Å². The van der Waals surface area contributed by atoms with Gasteiger partial charge in [0.2, 0.25) is 0 Å². The highest BCUT2D eigenvalue weighted by molar-refractivity contribution is 5.74. The van der Waals surface area contributed by atoms with Gasteiger partial charge in [0.05, 0.1) is 12.2 Å². The fraction of sp³-hybridized carbons (Fsp3) is 0.368. The van der Waals surface area contributed by atoms with E-state index in [1.807, 2.05) is 24.3 Å². The Balaban J connectivity index is 1.36. The number of urea groups is 1. The summed E-state index contributed by atoms with van der Waals surface area (Å²) in [6.07, 6.45) is 3.71. The summed E-state index contributed by atoms with van der Waals surface area (Å²) in [7, 11) is 0. The van der Waals surface area contributed by atoms with Crippen molar-refractivity contribution < 1.29 is 4.79 Å². The number of hydrogen-bond donors (Lipinski definition) is 2. The summed E-state index contributed by atoms with van der Waals surface area (Å²) in [5.74, 6) is 0. The molecular weight excluding hydrogens is 300 g/mol. The summed E-state index contributed by atoms with van der Waals surface area (Å²) in [5, 5.41) is 5.94. The van der Waals surface area contributed by atoms with E-state index in [1.165, 1.54) is 5.56 Å². The second-order valence-electron chi connectivity index (χ2n) is 6.18. The molecule has 1 saturated heterocycles. The minimum atomic E-state index is -0.109. The SMILES string of the molecule is O=C(NCc1ccccn1)NC1CCN(Cc2ccccc2)CC1. The smallest absolute Gasteiger partial charge is 0.315 e. The number of hydrogen-bond acceptors (Lipinski definition) is 3. The number of rotatable bonds is 5. The molecule has 0 radical (unpaired) electrons. The highest BCUT2D eigenvalue weighted by atomic mass is 16.2. The molecule has 0 saturated carbocycles. The molecule has 2 N–H and O–H groups in total. The predicted octanol–water partition coefficient (Wildman–Crippen LogP) is 2.55. The molecular formula is C19H24N4O. The minimum Gasteiger partial charge on any atom is -0.335 e. The average molecular weight is 324 g/mol. The van der Waals surface area contributed by atoms with Crippen LogP contribution in [0.25, 0.3) is 0 Å². The number of likely N-dealkylation sites (tertiary alicyclic amines) is 1. The number of pyridine rings is 1. The van der Waals surface area contributed by atoms with Crippen molar-refractivity contribution in [3.8, 4) is 0 Å². The normalized spacial score (nSPS) is 15.8. The lowest BCUT2D eigenvalue weighted by molar-refractivity contribution is 0.186. The van der Waals surface area contributed by atoms with Crippen molar-refractivity contribution >= 4 is 6.03 Å². The van der Waals surface area contributed by atoms with Gasteiger partial charge in [0.15, 0.2) is 0 Å². The zero-order valence-corrected chi connectivity index (χ0v) is 13.8. The molecule has 1 fully saturated rings. The van der Waals surface area contributed by atoms with Gasteiger partial charge in [-0.05, 0) is 30.5 Å². The quantitative estimate of drug-likeness (QED) is 0.889. The molecule has 0 atom stereocenters. The fourth-order valence-electron chi connectivity index (χ4n) is 2.99. The number of carbonyl (C=O) groups excluding carboxylic acids is 1. The molecule has 0 bridgehead atoms. The third-order valence-electron chi connectivity index (χ3n) is 4.33. The molecule has 0 aliphatic carbocycles. The molecule has 2 heterocycles. The second kappa shape index (κ2) is 8.45. The summed E-state index contributed by atoms with van der Waals surface area (Å²) in [4.78, 5) is 18.6. The highest BCUT2D eigenvalue weighted by Gasteiger charge is 2.20. The first kappa shape index (κ1) is 16.5. The van der Waals surface area contributed by atoms with Gasteiger partial charge in [-0.3, -0.25) is 9.88 Å². The number of piperidine rings is 1. The van der Waals surface area contributed by atoms with E-state index in [0.717, 1.165) is 38.2 Å². The van der Waals surface area contributed by atoms with Crippen molar-refractivity contribution in [2.24, 2.45) is 0 Å². The Morgan fingerprint density at radius 3 is 2.54 bits per heavy atom. The number of nitrogens with one attached hydrogen (secondary N) is 2. The van der Waals surface area contributed by atoms with E-state index in [4.69, 9.17) is 0 Å². The van der Waals surface area contributed by atoms with Crippen LogP contribution in [0, 0.1) is 0 Å². The Morgan fingerprint density at radius 2 is 1.83 bits per heavy atom. The van der Waals surface area contributed by atoms with Crippen LogP contribution in [0.15, 0.2) is 54.7 Å². The van der Waals surface area contributed by atoms with E-state index in [9.17, 15) is 4.79 Å². The number of benzene rings is 1. The van der Waals surface area contributed by atoms with Gasteiger partial charge in [-0.15, -0.1) is 0 Å².